The number of rotatable bonds is 5. The van der Waals surface area contributed by atoms with Crippen molar-refractivity contribution in [2.24, 2.45) is 0 Å². The summed E-state index contributed by atoms with van der Waals surface area (Å²) >= 11 is 4.78. The summed E-state index contributed by atoms with van der Waals surface area (Å²) in [7, 11) is 1.31. The molecule has 1 saturated heterocycles. The lowest BCUT2D eigenvalue weighted by Crippen LogP contribution is -2.43. The van der Waals surface area contributed by atoms with E-state index in [1.54, 1.807) is 24.3 Å². The van der Waals surface area contributed by atoms with Crippen molar-refractivity contribution in [2.75, 3.05) is 18.7 Å². The van der Waals surface area contributed by atoms with Crippen LogP contribution in [0.5, 0.6) is 0 Å². The smallest absolute Gasteiger partial charge is 0.329 e. The standard InChI is InChI=1S/C15H16BrNO4S/c1-21-15(20)12-8-22-9-17(12)13(18)7-11(16)14(19)10-5-3-2-4-6-10/h2-6,11-12H,7-9H2,1H3/t11?,12-/m0/s1. The lowest BCUT2D eigenvalue weighted by atomic mass is 10.1. The molecule has 5 nitrogen and oxygen atoms in total. The van der Waals surface area contributed by atoms with Crippen LogP contribution >= 0.6 is 27.7 Å². The Bertz CT molecular complexity index is 566. The van der Waals surface area contributed by atoms with Gasteiger partial charge in [-0.1, -0.05) is 46.3 Å². The van der Waals surface area contributed by atoms with Gasteiger partial charge in [0.05, 0.1) is 17.8 Å². The molecule has 1 aromatic rings. The number of benzene rings is 1. The van der Waals surface area contributed by atoms with E-state index in [1.165, 1.54) is 23.8 Å². The predicted octanol–water partition coefficient (Wildman–Crippen LogP) is 2.10. The van der Waals surface area contributed by atoms with E-state index in [2.05, 4.69) is 15.9 Å². The van der Waals surface area contributed by atoms with Crippen LogP contribution in [0.4, 0.5) is 0 Å². The van der Waals surface area contributed by atoms with Crippen molar-refractivity contribution in [1.29, 1.82) is 0 Å². The number of ketones is 1. The minimum absolute atomic E-state index is 0.0157. The molecule has 2 rings (SSSR count). The first-order chi connectivity index (χ1) is 10.5. The average molecular weight is 386 g/mol. The summed E-state index contributed by atoms with van der Waals surface area (Å²) in [5.74, 6) is 0.177. The van der Waals surface area contributed by atoms with Crippen molar-refractivity contribution in [3.05, 3.63) is 35.9 Å². The van der Waals surface area contributed by atoms with Gasteiger partial charge >= 0.3 is 5.97 Å². The van der Waals surface area contributed by atoms with Crippen LogP contribution in [0.2, 0.25) is 0 Å². The largest absolute Gasteiger partial charge is 0.467 e. The highest BCUT2D eigenvalue weighted by Gasteiger charge is 2.36. The van der Waals surface area contributed by atoms with Gasteiger partial charge in [-0.2, -0.15) is 0 Å². The third-order valence-corrected chi connectivity index (χ3v) is 5.12. The Morgan fingerprint density at radius 1 is 1.36 bits per heavy atom. The minimum Gasteiger partial charge on any atom is -0.467 e. The molecule has 0 aromatic heterocycles. The van der Waals surface area contributed by atoms with Gasteiger partial charge in [-0.25, -0.2) is 4.79 Å². The number of thioether (sulfide) groups is 1. The van der Waals surface area contributed by atoms with E-state index in [9.17, 15) is 14.4 Å². The van der Waals surface area contributed by atoms with Crippen LogP contribution in [0, 0.1) is 0 Å². The summed E-state index contributed by atoms with van der Waals surface area (Å²) in [6, 6.07) is 8.24. The molecule has 22 heavy (non-hydrogen) atoms. The minimum atomic E-state index is -0.605. The normalized spacial score (nSPS) is 18.8. The number of amides is 1. The number of esters is 1. The van der Waals surface area contributed by atoms with Crippen molar-refractivity contribution in [2.45, 2.75) is 17.3 Å². The first-order valence-electron chi connectivity index (χ1n) is 6.73. The summed E-state index contributed by atoms with van der Waals surface area (Å²) in [4.78, 5) is 37.1. The van der Waals surface area contributed by atoms with E-state index in [0.717, 1.165) is 0 Å². The summed E-state index contributed by atoms with van der Waals surface area (Å²) in [6.45, 7) is 0. The second-order valence-electron chi connectivity index (χ2n) is 4.80. The maximum Gasteiger partial charge on any atom is 0.329 e. The molecule has 0 N–H and O–H groups in total. The van der Waals surface area contributed by atoms with Gasteiger partial charge in [-0.05, 0) is 0 Å². The van der Waals surface area contributed by atoms with Crippen molar-refractivity contribution in [3.8, 4) is 0 Å². The Hall–Kier alpha value is -1.34. The van der Waals surface area contributed by atoms with Crippen LogP contribution < -0.4 is 0 Å². The van der Waals surface area contributed by atoms with Crippen LogP contribution in [0.15, 0.2) is 30.3 Å². The van der Waals surface area contributed by atoms with E-state index in [1.807, 2.05) is 6.07 Å². The second kappa shape index (κ2) is 7.78. The van der Waals surface area contributed by atoms with Gasteiger partial charge in [-0.15, -0.1) is 11.8 Å². The lowest BCUT2D eigenvalue weighted by molar-refractivity contribution is -0.150. The molecule has 1 amide bonds. The number of methoxy groups -OCH3 is 1. The molecule has 7 heteroatoms. The fourth-order valence-corrected chi connectivity index (χ4v) is 3.87. The number of hydrogen-bond donors (Lipinski definition) is 0. The molecule has 1 aromatic carbocycles. The molecule has 1 heterocycles. The van der Waals surface area contributed by atoms with Crippen LogP contribution in [0.3, 0.4) is 0 Å². The fraction of sp³-hybridized carbons (Fsp3) is 0.400. The highest BCUT2D eigenvalue weighted by atomic mass is 79.9. The first-order valence-corrected chi connectivity index (χ1v) is 8.80. The SMILES string of the molecule is COC(=O)[C@@H]1CSCN1C(=O)CC(Br)C(=O)c1ccccc1. The molecule has 2 atom stereocenters. The Balaban J connectivity index is 1.99. The second-order valence-corrected chi connectivity index (χ2v) is 6.91. The Labute approximate surface area is 141 Å². The lowest BCUT2D eigenvalue weighted by Gasteiger charge is -2.22. The quantitative estimate of drug-likeness (QED) is 0.441. The third-order valence-electron chi connectivity index (χ3n) is 3.37. The molecular formula is C15H16BrNO4S. The zero-order valence-corrected chi connectivity index (χ0v) is 14.4. The summed E-state index contributed by atoms with van der Waals surface area (Å²) in [5, 5.41) is 0. The van der Waals surface area contributed by atoms with Crippen molar-refractivity contribution < 1.29 is 19.1 Å². The maximum absolute atomic E-state index is 12.3. The number of carbonyl (C=O) groups excluding carboxylic acids is 3. The van der Waals surface area contributed by atoms with Crippen molar-refractivity contribution >= 4 is 45.4 Å². The molecular weight excluding hydrogens is 370 g/mol. The third kappa shape index (κ3) is 3.89. The van der Waals surface area contributed by atoms with Crippen molar-refractivity contribution in [1.82, 2.24) is 4.90 Å². The highest BCUT2D eigenvalue weighted by Crippen LogP contribution is 2.24. The fourth-order valence-electron chi connectivity index (χ4n) is 2.17. The molecule has 1 aliphatic heterocycles. The molecule has 0 saturated carbocycles. The average Bonchev–Trinajstić information content (AvgIpc) is 3.03. The highest BCUT2D eigenvalue weighted by molar-refractivity contribution is 9.10. The van der Waals surface area contributed by atoms with Crippen LogP contribution in [-0.2, 0) is 14.3 Å². The van der Waals surface area contributed by atoms with Crippen LogP contribution in [-0.4, -0.2) is 52.2 Å². The van der Waals surface area contributed by atoms with Gasteiger partial charge < -0.3 is 9.64 Å². The number of nitrogens with zero attached hydrogens (tertiary/aromatic N) is 1. The molecule has 1 unspecified atom stereocenters. The number of alkyl halides is 1. The van der Waals surface area contributed by atoms with Gasteiger partial charge in [0.2, 0.25) is 5.91 Å². The van der Waals surface area contributed by atoms with Gasteiger partial charge in [0.15, 0.2) is 5.78 Å². The van der Waals surface area contributed by atoms with Crippen molar-refractivity contribution in [3.63, 3.8) is 0 Å². The van der Waals surface area contributed by atoms with Crippen LogP contribution in [0.25, 0.3) is 0 Å². The number of ether oxygens (including phenoxy) is 1. The summed E-state index contributed by atoms with van der Waals surface area (Å²) in [5.41, 5.74) is 0.553. The summed E-state index contributed by atoms with van der Waals surface area (Å²) < 4.78 is 4.71. The topological polar surface area (TPSA) is 63.7 Å². The Kier molecular flexibility index (Phi) is 6.02. The Morgan fingerprint density at radius 2 is 2.05 bits per heavy atom. The number of halogens is 1. The van der Waals surface area contributed by atoms with E-state index in [-0.39, 0.29) is 18.1 Å². The van der Waals surface area contributed by atoms with Gasteiger partial charge in [0.25, 0.3) is 0 Å². The van der Waals surface area contributed by atoms with Gasteiger partial charge in [0.1, 0.15) is 6.04 Å². The van der Waals surface area contributed by atoms with Gasteiger partial charge in [0, 0.05) is 17.7 Å². The number of hydrogen-bond acceptors (Lipinski definition) is 5. The molecule has 118 valence electrons. The zero-order valence-electron chi connectivity index (χ0n) is 12.0. The van der Waals surface area contributed by atoms with Crippen LogP contribution in [0.1, 0.15) is 16.8 Å². The zero-order chi connectivity index (χ0) is 16.1. The summed E-state index contributed by atoms with van der Waals surface area (Å²) in [6.07, 6.45) is 0.0157. The van der Waals surface area contributed by atoms with Gasteiger partial charge in [-0.3, -0.25) is 9.59 Å². The molecule has 0 bridgehead atoms. The monoisotopic (exact) mass is 385 g/mol. The molecule has 1 fully saturated rings. The van der Waals surface area contributed by atoms with E-state index in [0.29, 0.717) is 17.2 Å². The number of Topliss-reactive ketones (excluding diaryl/α,β-unsaturated/α-hetero) is 1. The molecule has 0 radical (unpaired) electrons. The number of carbonyl (C=O) groups is 3. The molecule has 0 aliphatic carbocycles. The predicted molar refractivity (Wildman–Crippen MR) is 88.1 cm³/mol. The Morgan fingerprint density at radius 3 is 2.68 bits per heavy atom. The van der Waals surface area contributed by atoms with E-state index >= 15 is 0 Å². The maximum atomic E-state index is 12.3. The first kappa shape index (κ1) is 17.0. The van der Waals surface area contributed by atoms with E-state index in [4.69, 9.17) is 4.74 Å². The van der Waals surface area contributed by atoms with E-state index < -0.39 is 16.8 Å². The molecule has 0 spiro atoms. The molecule has 1 aliphatic rings.